The van der Waals surface area contributed by atoms with Crippen LogP contribution in [0.15, 0.2) is 18.2 Å². The predicted molar refractivity (Wildman–Crippen MR) is 60.2 cm³/mol. The van der Waals surface area contributed by atoms with Gasteiger partial charge in [0.25, 0.3) is 0 Å². The number of likely N-dealkylation sites (N-methyl/N-ethyl adjacent to an activating group) is 1. The first-order chi connectivity index (χ1) is 7.10. The largest absolute Gasteiger partial charge is 0.496 e. The number of carbonyl (C=O) groups excluding carboxylic acids is 1. The van der Waals surface area contributed by atoms with Crippen molar-refractivity contribution in [1.82, 2.24) is 5.32 Å². The van der Waals surface area contributed by atoms with Crippen LogP contribution < -0.4 is 10.1 Å². The number of rotatable bonds is 4. The zero-order chi connectivity index (χ0) is 11.4. The van der Waals surface area contributed by atoms with Gasteiger partial charge in [0, 0.05) is 0 Å². The van der Waals surface area contributed by atoms with Crippen LogP contribution in [-0.2, 0) is 4.79 Å². The van der Waals surface area contributed by atoms with Crippen LogP contribution in [0, 0.1) is 6.92 Å². The first kappa shape index (κ1) is 11.7. The topological polar surface area (TPSA) is 38.3 Å². The van der Waals surface area contributed by atoms with E-state index in [1.54, 1.807) is 21.1 Å². The summed E-state index contributed by atoms with van der Waals surface area (Å²) in [6, 6.07) is 5.54. The minimum absolute atomic E-state index is 0.113. The molecule has 1 N–H and O–H groups in total. The van der Waals surface area contributed by atoms with Gasteiger partial charge >= 0.3 is 0 Å². The number of nitrogens with one attached hydrogen (secondary N) is 1. The summed E-state index contributed by atoms with van der Waals surface area (Å²) >= 11 is 0. The number of Topliss-reactive ketones (excluding diaryl/α,β-unsaturated/α-hetero) is 1. The zero-order valence-electron chi connectivity index (χ0n) is 9.63. The fourth-order valence-corrected chi connectivity index (χ4v) is 1.69. The Hall–Kier alpha value is -1.35. The van der Waals surface area contributed by atoms with Crippen LogP contribution in [0.25, 0.3) is 0 Å². The molecule has 1 unspecified atom stereocenters. The maximum absolute atomic E-state index is 11.3. The molecule has 15 heavy (non-hydrogen) atoms. The van der Waals surface area contributed by atoms with Gasteiger partial charge in [0.05, 0.1) is 13.2 Å². The van der Waals surface area contributed by atoms with Crippen molar-refractivity contribution >= 4 is 5.78 Å². The molecule has 1 aromatic rings. The molecule has 0 aliphatic carbocycles. The van der Waals surface area contributed by atoms with E-state index >= 15 is 0 Å². The van der Waals surface area contributed by atoms with E-state index in [1.165, 1.54) is 0 Å². The molecular weight excluding hydrogens is 190 g/mol. The Kier molecular flexibility index (Phi) is 3.86. The minimum Gasteiger partial charge on any atom is -0.496 e. The van der Waals surface area contributed by atoms with E-state index in [2.05, 4.69) is 5.32 Å². The van der Waals surface area contributed by atoms with Crippen molar-refractivity contribution in [2.75, 3.05) is 14.2 Å². The Morgan fingerprint density at radius 2 is 2.13 bits per heavy atom. The number of hydrogen-bond acceptors (Lipinski definition) is 3. The quantitative estimate of drug-likeness (QED) is 0.819. The summed E-state index contributed by atoms with van der Waals surface area (Å²) in [5.41, 5.74) is 2.01. The summed E-state index contributed by atoms with van der Waals surface area (Å²) in [6.45, 7) is 3.55. The molecule has 82 valence electrons. The van der Waals surface area contributed by atoms with Gasteiger partial charge < -0.3 is 10.1 Å². The SMILES string of the molecule is CNC(C(C)=O)c1ccc(OC)c(C)c1. The number of aryl methyl sites for hydroxylation is 1. The van der Waals surface area contributed by atoms with Gasteiger partial charge in [0.1, 0.15) is 5.75 Å². The van der Waals surface area contributed by atoms with Crippen molar-refractivity contribution in [2.45, 2.75) is 19.9 Å². The Balaban J connectivity index is 3.05. The number of hydrogen-bond donors (Lipinski definition) is 1. The van der Waals surface area contributed by atoms with Crippen molar-refractivity contribution in [3.05, 3.63) is 29.3 Å². The molecular formula is C12H17NO2. The van der Waals surface area contributed by atoms with E-state index < -0.39 is 0 Å². The van der Waals surface area contributed by atoms with Crippen LogP contribution >= 0.6 is 0 Å². The van der Waals surface area contributed by atoms with Gasteiger partial charge in [-0.2, -0.15) is 0 Å². The fraction of sp³-hybridized carbons (Fsp3) is 0.417. The molecule has 0 radical (unpaired) electrons. The summed E-state index contributed by atoms with van der Waals surface area (Å²) in [4.78, 5) is 11.3. The number of ether oxygens (including phenoxy) is 1. The average molecular weight is 207 g/mol. The highest BCUT2D eigenvalue weighted by Gasteiger charge is 2.14. The first-order valence-corrected chi connectivity index (χ1v) is 4.92. The van der Waals surface area contributed by atoms with Crippen molar-refractivity contribution < 1.29 is 9.53 Å². The molecule has 0 amide bonds. The van der Waals surface area contributed by atoms with Gasteiger partial charge in [-0.25, -0.2) is 0 Å². The Morgan fingerprint density at radius 1 is 1.47 bits per heavy atom. The van der Waals surface area contributed by atoms with Crippen LogP contribution in [-0.4, -0.2) is 19.9 Å². The van der Waals surface area contributed by atoms with Crippen molar-refractivity contribution in [3.63, 3.8) is 0 Å². The Morgan fingerprint density at radius 3 is 2.53 bits per heavy atom. The van der Waals surface area contributed by atoms with E-state index in [4.69, 9.17) is 4.74 Å². The molecule has 1 atom stereocenters. The fourth-order valence-electron chi connectivity index (χ4n) is 1.69. The molecule has 0 spiro atoms. The normalized spacial score (nSPS) is 12.3. The molecule has 0 aliphatic heterocycles. The van der Waals surface area contributed by atoms with E-state index in [9.17, 15) is 4.79 Å². The van der Waals surface area contributed by atoms with Crippen molar-refractivity contribution in [3.8, 4) is 5.75 Å². The standard InChI is InChI=1S/C12H17NO2/c1-8-7-10(5-6-11(8)15-4)12(13-3)9(2)14/h5-7,12-13H,1-4H3. The van der Waals surface area contributed by atoms with Gasteiger partial charge in [-0.1, -0.05) is 12.1 Å². The molecule has 1 aromatic carbocycles. The summed E-state index contributed by atoms with van der Waals surface area (Å²) in [7, 11) is 3.42. The highest BCUT2D eigenvalue weighted by atomic mass is 16.5. The number of benzene rings is 1. The van der Waals surface area contributed by atoms with Gasteiger partial charge in [0.2, 0.25) is 0 Å². The van der Waals surface area contributed by atoms with Crippen molar-refractivity contribution in [2.24, 2.45) is 0 Å². The van der Waals surface area contributed by atoms with E-state index in [0.717, 1.165) is 16.9 Å². The molecule has 0 aromatic heterocycles. The summed E-state index contributed by atoms with van der Waals surface area (Å²) in [5.74, 6) is 0.958. The second-order valence-electron chi connectivity index (χ2n) is 3.56. The lowest BCUT2D eigenvalue weighted by Crippen LogP contribution is -2.23. The third-order valence-corrected chi connectivity index (χ3v) is 2.45. The van der Waals surface area contributed by atoms with E-state index in [0.29, 0.717) is 0 Å². The Bertz CT molecular complexity index is 361. The van der Waals surface area contributed by atoms with Gasteiger partial charge in [0.15, 0.2) is 5.78 Å². The molecule has 0 aliphatic rings. The Labute approximate surface area is 90.4 Å². The zero-order valence-corrected chi connectivity index (χ0v) is 9.63. The molecule has 1 rings (SSSR count). The second-order valence-corrected chi connectivity index (χ2v) is 3.56. The highest BCUT2D eigenvalue weighted by molar-refractivity contribution is 5.83. The predicted octanol–water partition coefficient (Wildman–Crippen LogP) is 1.85. The number of carbonyl (C=O) groups is 1. The highest BCUT2D eigenvalue weighted by Crippen LogP contribution is 2.22. The van der Waals surface area contributed by atoms with E-state index in [1.807, 2.05) is 25.1 Å². The summed E-state index contributed by atoms with van der Waals surface area (Å²) in [5, 5.41) is 2.99. The lowest BCUT2D eigenvalue weighted by molar-refractivity contribution is -0.119. The van der Waals surface area contributed by atoms with Crippen LogP contribution in [0.3, 0.4) is 0 Å². The van der Waals surface area contributed by atoms with Gasteiger partial charge in [-0.05, 0) is 38.1 Å². The minimum atomic E-state index is -0.227. The molecule has 0 bridgehead atoms. The second kappa shape index (κ2) is 4.94. The lowest BCUT2D eigenvalue weighted by Gasteiger charge is -2.14. The maximum Gasteiger partial charge on any atom is 0.151 e. The molecule has 0 saturated heterocycles. The third kappa shape index (κ3) is 2.57. The van der Waals surface area contributed by atoms with Gasteiger partial charge in [-0.3, -0.25) is 4.79 Å². The molecule has 3 heteroatoms. The number of ketones is 1. The molecule has 0 saturated carbocycles. The van der Waals surface area contributed by atoms with E-state index in [-0.39, 0.29) is 11.8 Å². The molecule has 3 nitrogen and oxygen atoms in total. The van der Waals surface area contributed by atoms with Crippen molar-refractivity contribution in [1.29, 1.82) is 0 Å². The first-order valence-electron chi connectivity index (χ1n) is 4.92. The van der Waals surface area contributed by atoms with Crippen LogP contribution in [0.2, 0.25) is 0 Å². The summed E-state index contributed by atoms with van der Waals surface area (Å²) in [6.07, 6.45) is 0. The smallest absolute Gasteiger partial charge is 0.151 e. The third-order valence-electron chi connectivity index (χ3n) is 2.45. The van der Waals surface area contributed by atoms with Crippen LogP contribution in [0.1, 0.15) is 24.1 Å². The van der Waals surface area contributed by atoms with Crippen LogP contribution in [0.5, 0.6) is 5.75 Å². The lowest BCUT2D eigenvalue weighted by atomic mass is 10.0. The molecule has 0 fully saturated rings. The molecule has 0 heterocycles. The monoisotopic (exact) mass is 207 g/mol. The van der Waals surface area contributed by atoms with Gasteiger partial charge in [-0.15, -0.1) is 0 Å². The maximum atomic E-state index is 11.3. The summed E-state index contributed by atoms with van der Waals surface area (Å²) < 4.78 is 5.17. The average Bonchev–Trinajstić information content (AvgIpc) is 2.18. The van der Waals surface area contributed by atoms with Crippen LogP contribution in [0.4, 0.5) is 0 Å². The number of methoxy groups -OCH3 is 1.